The summed E-state index contributed by atoms with van der Waals surface area (Å²) in [7, 11) is 0. The van der Waals surface area contributed by atoms with E-state index in [1.165, 1.54) is 23.2 Å². The van der Waals surface area contributed by atoms with Gasteiger partial charge in [0.25, 0.3) is 0 Å². The maximum Gasteiger partial charge on any atom is 0.0405 e. The van der Waals surface area contributed by atoms with Crippen LogP contribution in [0.3, 0.4) is 0 Å². The molecule has 0 aliphatic carbocycles. The fourth-order valence-corrected chi connectivity index (χ4v) is 3.11. The minimum absolute atomic E-state index is 0.187. The van der Waals surface area contributed by atoms with E-state index in [2.05, 4.69) is 70.0 Å². The van der Waals surface area contributed by atoms with Gasteiger partial charge in [-0.25, -0.2) is 0 Å². The van der Waals surface area contributed by atoms with Gasteiger partial charge in [-0.05, 0) is 34.9 Å². The van der Waals surface area contributed by atoms with E-state index in [1.54, 1.807) is 0 Å². The van der Waals surface area contributed by atoms with Crippen LogP contribution in [0.15, 0.2) is 18.2 Å². The first-order valence-electron chi connectivity index (χ1n) is 8.45. The summed E-state index contributed by atoms with van der Waals surface area (Å²) in [6.45, 7) is 17.1. The molecule has 1 aromatic rings. The van der Waals surface area contributed by atoms with Crippen LogP contribution in [-0.4, -0.2) is 25.7 Å². The molecule has 1 atom stereocenters. The molecule has 2 nitrogen and oxygen atoms in total. The third-order valence-electron chi connectivity index (χ3n) is 4.58. The summed E-state index contributed by atoms with van der Waals surface area (Å²) in [4.78, 5) is 2.58. The fourth-order valence-electron chi connectivity index (χ4n) is 3.11. The van der Waals surface area contributed by atoms with E-state index in [1.807, 2.05) is 0 Å². The molecular weight excluding hydrogens is 256 g/mol. The van der Waals surface area contributed by atoms with Crippen LogP contribution in [-0.2, 0) is 5.41 Å². The van der Waals surface area contributed by atoms with Gasteiger partial charge in [0.2, 0.25) is 0 Å². The highest BCUT2D eigenvalue weighted by Gasteiger charge is 2.25. The van der Waals surface area contributed by atoms with Crippen LogP contribution in [0, 0.1) is 0 Å². The van der Waals surface area contributed by atoms with Crippen molar-refractivity contribution >= 4 is 5.69 Å². The second-order valence-electron chi connectivity index (χ2n) is 7.69. The average molecular weight is 288 g/mol. The number of hydrogen-bond acceptors (Lipinski definition) is 2. The van der Waals surface area contributed by atoms with Crippen molar-refractivity contribution in [3.8, 4) is 0 Å². The maximum atomic E-state index is 3.61. The van der Waals surface area contributed by atoms with Crippen molar-refractivity contribution in [1.29, 1.82) is 0 Å². The third-order valence-corrected chi connectivity index (χ3v) is 4.58. The monoisotopic (exact) mass is 288 g/mol. The molecule has 1 aliphatic heterocycles. The Balaban J connectivity index is 2.38. The first-order chi connectivity index (χ1) is 9.82. The lowest BCUT2D eigenvalue weighted by Gasteiger charge is -2.38. The molecule has 1 N–H and O–H groups in total. The highest BCUT2D eigenvalue weighted by molar-refractivity contribution is 5.58. The van der Waals surface area contributed by atoms with Crippen molar-refractivity contribution in [2.75, 3.05) is 24.5 Å². The Morgan fingerprint density at radius 1 is 1.29 bits per heavy atom. The van der Waals surface area contributed by atoms with E-state index in [9.17, 15) is 0 Å². The number of hydrogen-bond donors (Lipinski definition) is 1. The zero-order chi connectivity index (χ0) is 15.6. The lowest BCUT2D eigenvalue weighted by atomic mass is 9.83. The summed E-state index contributed by atoms with van der Waals surface area (Å²) < 4.78 is 0. The van der Waals surface area contributed by atoms with Crippen LogP contribution in [0.4, 0.5) is 5.69 Å². The maximum absolute atomic E-state index is 3.61. The summed E-state index contributed by atoms with van der Waals surface area (Å²) in [6.07, 6.45) is 1.20. The van der Waals surface area contributed by atoms with Crippen LogP contribution in [0.1, 0.15) is 65.0 Å². The number of rotatable bonds is 3. The average Bonchev–Trinajstić information content (AvgIpc) is 2.45. The first-order valence-corrected chi connectivity index (χ1v) is 8.45. The zero-order valence-corrected chi connectivity index (χ0v) is 14.7. The summed E-state index contributed by atoms with van der Waals surface area (Å²) in [6, 6.07) is 7.73. The molecule has 0 saturated carbocycles. The van der Waals surface area contributed by atoms with E-state index in [4.69, 9.17) is 0 Å². The Kier molecular flexibility index (Phi) is 4.98. The summed E-state index contributed by atoms with van der Waals surface area (Å²) in [5.74, 6) is 0.589. The van der Waals surface area contributed by atoms with E-state index >= 15 is 0 Å². The van der Waals surface area contributed by atoms with Gasteiger partial charge in [0.1, 0.15) is 0 Å². The fraction of sp³-hybridized carbons (Fsp3) is 0.684. The Labute approximate surface area is 130 Å². The minimum atomic E-state index is 0.187. The molecule has 1 saturated heterocycles. The minimum Gasteiger partial charge on any atom is -0.368 e. The van der Waals surface area contributed by atoms with Crippen LogP contribution in [0.5, 0.6) is 0 Å². The molecule has 1 aliphatic rings. The van der Waals surface area contributed by atoms with Crippen molar-refractivity contribution in [2.45, 2.75) is 65.3 Å². The molecule has 0 amide bonds. The van der Waals surface area contributed by atoms with Gasteiger partial charge >= 0.3 is 0 Å². The number of piperazine rings is 1. The Hall–Kier alpha value is -1.02. The van der Waals surface area contributed by atoms with Crippen molar-refractivity contribution < 1.29 is 0 Å². The van der Waals surface area contributed by atoms with E-state index in [0.29, 0.717) is 12.0 Å². The lowest BCUT2D eigenvalue weighted by Crippen LogP contribution is -2.50. The molecule has 1 heterocycles. The van der Waals surface area contributed by atoms with Crippen molar-refractivity contribution in [2.24, 2.45) is 0 Å². The Morgan fingerprint density at radius 2 is 2.00 bits per heavy atom. The van der Waals surface area contributed by atoms with Crippen molar-refractivity contribution in [3.63, 3.8) is 0 Å². The molecule has 0 spiro atoms. The molecular formula is C19H32N2. The number of nitrogens with zero attached hydrogens (tertiary/aromatic N) is 1. The van der Waals surface area contributed by atoms with Gasteiger partial charge in [0.15, 0.2) is 0 Å². The van der Waals surface area contributed by atoms with Crippen molar-refractivity contribution in [1.82, 2.24) is 5.32 Å². The van der Waals surface area contributed by atoms with Crippen LogP contribution in [0.25, 0.3) is 0 Å². The normalized spacial score (nSPS) is 20.1. The SMILES string of the molecule is CCC1CN(c2ccc(C(C)C)cc2C(C)(C)C)CCN1. The highest BCUT2D eigenvalue weighted by Crippen LogP contribution is 2.35. The first kappa shape index (κ1) is 16.4. The lowest BCUT2D eigenvalue weighted by molar-refractivity contribution is 0.444. The molecule has 2 rings (SSSR count). The molecule has 1 fully saturated rings. The van der Waals surface area contributed by atoms with Crippen LogP contribution >= 0.6 is 0 Å². The van der Waals surface area contributed by atoms with Gasteiger partial charge < -0.3 is 10.2 Å². The Bertz CT molecular complexity index is 471. The van der Waals surface area contributed by atoms with Gasteiger partial charge in [0, 0.05) is 31.4 Å². The predicted octanol–water partition coefficient (Wildman–Crippen LogP) is 4.30. The molecule has 2 heteroatoms. The topological polar surface area (TPSA) is 15.3 Å². The molecule has 0 aromatic heterocycles. The summed E-state index contributed by atoms with van der Waals surface area (Å²) in [5, 5.41) is 3.61. The number of nitrogens with one attached hydrogen (secondary N) is 1. The largest absolute Gasteiger partial charge is 0.368 e. The standard InChI is InChI=1S/C19H32N2/c1-7-16-13-21(11-10-20-16)18-9-8-15(14(2)3)12-17(18)19(4,5)6/h8-9,12,14,16,20H,7,10-11,13H2,1-6H3. The zero-order valence-electron chi connectivity index (χ0n) is 14.7. The predicted molar refractivity (Wildman–Crippen MR) is 93.5 cm³/mol. The van der Waals surface area contributed by atoms with E-state index in [0.717, 1.165) is 19.6 Å². The quantitative estimate of drug-likeness (QED) is 0.892. The number of anilines is 1. The molecule has 1 unspecified atom stereocenters. The Morgan fingerprint density at radius 3 is 2.57 bits per heavy atom. The summed E-state index contributed by atoms with van der Waals surface area (Å²) >= 11 is 0. The summed E-state index contributed by atoms with van der Waals surface area (Å²) in [5.41, 5.74) is 4.57. The third kappa shape index (κ3) is 3.79. The van der Waals surface area contributed by atoms with Gasteiger partial charge in [-0.3, -0.25) is 0 Å². The molecule has 1 aromatic carbocycles. The van der Waals surface area contributed by atoms with Gasteiger partial charge in [-0.15, -0.1) is 0 Å². The van der Waals surface area contributed by atoms with Gasteiger partial charge in [-0.2, -0.15) is 0 Å². The van der Waals surface area contributed by atoms with Crippen molar-refractivity contribution in [3.05, 3.63) is 29.3 Å². The molecule has 118 valence electrons. The van der Waals surface area contributed by atoms with E-state index in [-0.39, 0.29) is 5.41 Å². The number of benzene rings is 1. The highest BCUT2D eigenvalue weighted by atomic mass is 15.2. The van der Waals surface area contributed by atoms with Crippen LogP contribution in [0.2, 0.25) is 0 Å². The van der Waals surface area contributed by atoms with Gasteiger partial charge in [0.05, 0.1) is 0 Å². The molecule has 0 bridgehead atoms. The van der Waals surface area contributed by atoms with E-state index < -0.39 is 0 Å². The molecule has 21 heavy (non-hydrogen) atoms. The second-order valence-corrected chi connectivity index (χ2v) is 7.69. The van der Waals surface area contributed by atoms with Gasteiger partial charge in [-0.1, -0.05) is 53.7 Å². The second kappa shape index (κ2) is 6.39. The molecule has 0 radical (unpaired) electrons. The van der Waals surface area contributed by atoms with Crippen LogP contribution < -0.4 is 10.2 Å². The smallest absolute Gasteiger partial charge is 0.0405 e.